The Kier molecular flexibility index (Phi) is 9.17. The summed E-state index contributed by atoms with van der Waals surface area (Å²) in [4.78, 5) is 2.53. The van der Waals surface area contributed by atoms with Gasteiger partial charge in [-0.25, -0.2) is 0 Å². The summed E-state index contributed by atoms with van der Waals surface area (Å²) in [6.45, 7) is 6.06. The molecule has 0 saturated carbocycles. The Labute approximate surface area is 146 Å². The molecule has 0 spiro atoms. The Bertz CT molecular complexity index is 486. The summed E-state index contributed by atoms with van der Waals surface area (Å²) < 4.78 is 0. The van der Waals surface area contributed by atoms with Crippen molar-refractivity contribution < 1.29 is 0 Å². The third kappa shape index (κ3) is 7.73. The van der Waals surface area contributed by atoms with Gasteiger partial charge in [-0.2, -0.15) is 0 Å². The van der Waals surface area contributed by atoms with Crippen molar-refractivity contribution in [3.05, 3.63) is 71.8 Å². The van der Waals surface area contributed by atoms with Crippen LogP contribution in [0.25, 0.3) is 0 Å². The van der Waals surface area contributed by atoms with Gasteiger partial charge in [0, 0.05) is 19.6 Å². The Balaban J connectivity index is 1.79. The normalized spacial score (nSPS) is 11.1. The summed E-state index contributed by atoms with van der Waals surface area (Å²) in [5.41, 5.74) is 8.28. The minimum atomic E-state index is 0.795. The predicted octanol–water partition coefficient (Wildman–Crippen LogP) is 3.41. The molecule has 0 atom stereocenters. The van der Waals surface area contributed by atoms with Gasteiger partial charge < -0.3 is 11.1 Å². The molecule has 0 radical (unpaired) electrons. The average molecular weight is 326 g/mol. The quantitative estimate of drug-likeness (QED) is 0.588. The van der Waals surface area contributed by atoms with Crippen LogP contribution >= 0.6 is 0 Å². The van der Waals surface area contributed by atoms with Gasteiger partial charge in [0.15, 0.2) is 0 Å². The monoisotopic (exact) mass is 325 g/mol. The fourth-order valence-electron chi connectivity index (χ4n) is 2.84. The van der Waals surface area contributed by atoms with Crippen molar-refractivity contribution in [2.75, 3.05) is 26.2 Å². The van der Waals surface area contributed by atoms with Crippen LogP contribution in [0.15, 0.2) is 60.7 Å². The minimum Gasteiger partial charge on any atom is -0.330 e. The van der Waals surface area contributed by atoms with Gasteiger partial charge in [-0.15, -0.1) is 0 Å². The second-order valence-electron chi connectivity index (χ2n) is 6.28. The first kappa shape index (κ1) is 18.7. The molecule has 2 rings (SSSR count). The molecule has 0 fully saturated rings. The third-order valence-corrected chi connectivity index (χ3v) is 4.13. The van der Waals surface area contributed by atoms with E-state index in [1.165, 1.54) is 24.0 Å². The van der Waals surface area contributed by atoms with Gasteiger partial charge in [0.2, 0.25) is 0 Å². The van der Waals surface area contributed by atoms with E-state index in [0.717, 1.165) is 45.7 Å². The van der Waals surface area contributed by atoms with E-state index in [0.29, 0.717) is 0 Å². The Morgan fingerprint density at radius 1 is 0.708 bits per heavy atom. The van der Waals surface area contributed by atoms with Crippen molar-refractivity contribution in [3.8, 4) is 0 Å². The number of nitrogens with two attached hydrogens (primary N) is 1. The molecule has 0 amide bonds. The fraction of sp³-hybridized carbons (Fsp3) is 0.429. The van der Waals surface area contributed by atoms with Gasteiger partial charge in [0.1, 0.15) is 0 Å². The van der Waals surface area contributed by atoms with Crippen LogP contribution in [0, 0.1) is 0 Å². The van der Waals surface area contributed by atoms with E-state index in [-0.39, 0.29) is 0 Å². The molecule has 0 aliphatic rings. The molecule has 2 aromatic carbocycles. The zero-order valence-electron chi connectivity index (χ0n) is 14.7. The maximum absolute atomic E-state index is 5.52. The highest BCUT2D eigenvalue weighted by Crippen LogP contribution is 2.10. The smallest absolute Gasteiger partial charge is 0.0237 e. The summed E-state index contributed by atoms with van der Waals surface area (Å²) in [7, 11) is 0. The van der Waals surface area contributed by atoms with E-state index in [1.54, 1.807) is 0 Å². The van der Waals surface area contributed by atoms with E-state index in [1.807, 2.05) is 0 Å². The van der Waals surface area contributed by atoms with Gasteiger partial charge >= 0.3 is 0 Å². The third-order valence-electron chi connectivity index (χ3n) is 4.13. The molecule has 2 aromatic rings. The molecule has 0 aliphatic carbocycles. The lowest BCUT2D eigenvalue weighted by Crippen LogP contribution is -2.27. The molecule has 0 bridgehead atoms. The molecule has 0 heterocycles. The van der Waals surface area contributed by atoms with Crippen molar-refractivity contribution in [1.82, 2.24) is 10.2 Å². The first-order chi connectivity index (χ1) is 11.9. The SMILES string of the molecule is NCCCCNCCCN(Cc1ccccc1)Cc1ccccc1. The van der Waals surface area contributed by atoms with Crippen molar-refractivity contribution in [2.24, 2.45) is 5.73 Å². The number of hydrogen-bond donors (Lipinski definition) is 2. The number of nitrogens with zero attached hydrogens (tertiary/aromatic N) is 1. The zero-order valence-corrected chi connectivity index (χ0v) is 14.7. The predicted molar refractivity (Wildman–Crippen MR) is 103 cm³/mol. The highest BCUT2D eigenvalue weighted by Gasteiger charge is 2.07. The lowest BCUT2D eigenvalue weighted by atomic mass is 10.1. The molecule has 3 N–H and O–H groups in total. The molecule has 0 aromatic heterocycles. The molecule has 130 valence electrons. The Morgan fingerprint density at radius 2 is 1.25 bits per heavy atom. The van der Waals surface area contributed by atoms with Crippen molar-refractivity contribution in [2.45, 2.75) is 32.4 Å². The van der Waals surface area contributed by atoms with Gasteiger partial charge in [0.25, 0.3) is 0 Å². The largest absolute Gasteiger partial charge is 0.330 e. The van der Waals surface area contributed by atoms with E-state index in [2.05, 4.69) is 70.9 Å². The Morgan fingerprint density at radius 3 is 1.79 bits per heavy atom. The lowest BCUT2D eigenvalue weighted by molar-refractivity contribution is 0.252. The fourth-order valence-corrected chi connectivity index (χ4v) is 2.84. The van der Waals surface area contributed by atoms with E-state index >= 15 is 0 Å². The van der Waals surface area contributed by atoms with Crippen LogP contribution in [-0.4, -0.2) is 31.1 Å². The molecule has 24 heavy (non-hydrogen) atoms. The number of hydrogen-bond acceptors (Lipinski definition) is 3. The molecular weight excluding hydrogens is 294 g/mol. The second kappa shape index (κ2) is 11.8. The van der Waals surface area contributed by atoms with Crippen LogP contribution in [0.3, 0.4) is 0 Å². The van der Waals surface area contributed by atoms with Crippen LogP contribution in [0.4, 0.5) is 0 Å². The van der Waals surface area contributed by atoms with E-state index < -0.39 is 0 Å². The summed E-state index contributed by atoms with van der Waals surface area (Å²) in [5.74, 6) is 0. The molecule has 3 heteroatoms. The van der Waals surface area contributed by atoms with Gasteiger partial charge in [-0.05, 0) is 50.0 Å². The topological polar surface area (TPSA) is 41.3 Å². The first-order valence-corrected chi connectivity index (χ1v) is 9.09. The number of unbranched alkanes of at least 4 members (excludes halogenated alkanes) is 1. The van der Waals surface area contributed by atoms with Crippen molar-refractivity contribution in [1.29, 1.82) is 0 Å². The average Bonchev–Trinajstić information content (AvgIpc) is 2.62. The zero-order chi connectivity index (χ0) is 16.9. The van der Waals surface area contributed by atoms with Gasteiger partial charge in [0.05, 0.1) is 0 Å². The standard InChI is InChI=1S/C21H31N3/c22-14-7-8-15-23-16-9-17-24(18-20-10-3-1-4-11-20)19-21-12-5-2-6-13-21/h1-6,10-13,23H,7-9,14-19,22H2. The summed E-state index contributed by atoms with van der Waals surface area (Å²) in [5, 5.41) is 3.52. The minimum absolute atomic E-state index is 0.795. The molecule has 0 saturated heterocycles. The molecular formula is C21H31N3. The highest BCUT2D eigenvalue weighted by atomic mass is 15.1. The molecule has 0 aliphatic heterocycles. The first-order valence-electron chi connectivity index (χ1n) is 9.09. The second-order valence-corrected chi connectivity index (χ2v) is 6.28. The maximum Gasteiger partial charge on any atom is 0.0237 e. The Hall–Kier alpha value is -1.68. The number of benzene rings is 2. The molecule has 0 unspecified atom stereocenters. The van der Waals surface area contributed by atoms with Crippen LogP contribution in [0.1, 0.15) is 30.4 Å². The summed E-state index contributed by atoms with van der Waals surface area (Å²) in [6, 6.07) is 21.5. The number of nitrogens with one attached hydrogen (secondary N) is 1. The van der Waals surface area contributed by atoms with Crippen molar-refractivity contribution in [3.63, 3.8) is 0 Å². The number of rotatable bonds is 12. The van der Waals surface area contributed by atoms with Crippen LogP contribution < -0.4 is 11.1 Å². The summed E-state index contributed by atoms with van der Waals surface area (Å²) >= 11 is 0. The van der Waals surface area contributed by atoms with Crippen LogP contribution in [-0.2, 0) is 13.1 Å². The van der Waals surface area contributed by atoms with Crippen LogP contribution in [0.5, 0.6) is 0 Å². The highest BCUT2D eigenvalue weighted by molar-refractivity contribution is 5.17. The van der Waals surface area contributed by atoms with E-state index in [9.17, 15) is 0 Å². The lowest BCUT2D eigenvalue weighted by Gasteiger charge is -2.23. The van der Waals surface area contributed by atoms with Gasteiger partial charge in [-0.3, -0.25) is 4.90 Å². The van der Waals surface area contributed by atoms with Crippen molar-refractivity contribution >= 4 is 0 Å². The maximum atomic E-state index is 5.52. The van der Waals surface area contributed by atoms with Crippen LogP contribution in [0.2, 0.25) is 0 Å². The molecule has 3 nitrogen and oxygen atoms in total. The van der Waals surface area contributed by atoms with E-state index in [4.69, 9.17) is 5.73 Å². The summed E-state index contributed by atoms with van der Waals surface area (Å²) in [6.07, 6.45) is 3.46. The van der Waals surface area contributed by atoms with Gasteiger partial charge in [-0.1, -0.05) is 60.7 Å².